The standard InChI is InChI=1S/C18H22N4O3/c1-13-6-14(9-19-8-13)10-24-15-3-5-25-18(7-15)11-22(12-18)17(23)16-2-4-20-21-16/h2,4,6,8-9,15H,3,5,7,10-12H2,1H3,(H,20,21). The van der Waals surface area contributed by atoms with Crippen LogP contribution in [0.15, 0.2) is 30.7 Å². The van der Waals surface area contributed by atoms with Crippen LogP contribution in [-0.4, -0.2) is 57.4 Å². The predicted octanol–water partition coefficient (Wildman–Crippen LogP) is 1.70. The summed E-state index contributed by atoms with van der Waals surface area (Å²) in [6, 6.07) is 3.78. The van der Waals surface area contributed by atoms with Crippen LogP contribution in [-0.2, 0) is 16.1 Å². The van der Waals surface area contributed by atoms with Gasteiger partial charge in [-0.2, -0.15) is 5.10 Å². The highest BCUT2D eigenvalue weighted by molar-refractivity contribution is 5.92. The van der Waals surface area contributed by atoms with Gasteiger partial charge in [-0.3, -0.25) is 14.9 Å². The minimum Gasteiger partial charge on any atom is -0.373 e. The van der Waals surface area contributed by atoms with Crippen molar-refractivity contribution in [2.24, 2.45) is 0 Å². The Morgan fingerprint density at radius 2 is 2.36 bits per heavy atom. The molecule has 1 N–H and O–H groups in total. The molecule has 2 fully saturated rings. The molecule has 1 atom stereocenters. The Morgan fingerprint density at radius 1 is 1.48 bits per heavy atom. The first-order valence-electron chi connectivity index (χ1n) is 8.58. The first-order valence-corrected chi connectivity index (χ1v) is 8.58. The minimum absolute atomic E-state index is 0.0272. The highest BCUT2D eigenvalue weighted by Gasteiger charge is 2.49. The lowest BCUT2D eigenvalue weighted by atomic mass is 9.84. The number of aromatic amines is 1. The molecule has 2 aliphatic heterocycles. The van der Waals surface area contributed by atoms with E-state index in [-0.39, 0.29) is 17.6 Å². The lowest BCUT2D eigenvalue weighted by Gasteiger charge is -2.52. The van der Waals surface area contributed by atoms with Gasteiger partial charge >= 0.3 is 0 Å². The second-order valence-corrected chi connectivity index (χ2v) is 6.96. The van der Waals surface area contributed by atoms with E-state index in [0.717, 1.165) is 24.0 Å². The fourth-order valence-corrected chi connectivity index (χ4v) is 3.59. The predicted molar refractivity (Wildman–Crippen MR) is 90.0 cm³/mol. The molecule has 0 saturated carbocycles. The van der Waals surface area contributed by atoms with Crippen molar-refractivity contribution >= 4 is 5.91 Å². The maximum Gasteiger partial charge on any atom is 0.272 e. The number of carbonyl (C=O) groups excluding carboxylic acids is 1. The van der Waals surface area contributed by atoms with Crippen LogP contribution in [0.3, 0.4) is 0 Å². The molecule has 2 aromatic heterocycles. The number of hydrogen-bond acceptors (Lipinski definition) is 5. The molecule has 0 bridgehead atoms. The third-order valence-corrected chi connectivity index (χ3v) is 4.84. The van der Waals surface area contributed by atoms with Crippen molar-refractivity contribution in [1.82, 2.24) is 20.1 Å². The van der Waals surface area contributed by atoms with Crippen molar-refractivity contribution in [1.29, 1.82) is 0 Å². The Hall–Kier alpha value is -2.25. The van der Waals surface area contributed by atoms with Crippen LogP contribution in [0.1, 0.15) is 34.5 Å². The van der Waals surface area contributed by atoms with Crippen molar-refractivity contribution in [3.05, 3.63) is 47.5 Å². The van der Waals surface area contributed by atoms with E-state index in [1.165, 1.54) is 0 Å². The van der Waals surface area contributed by atoms with E-state index in [4.69, 9.17) is 9.47 Å². The molecule has 7 nitrogen and oxygen atoms in total. The van der Waals surface area contributed by atoms with E-state index in [1.807, 2.05) is 19.3 Å². The Labute approximate surface area is 146 Å². The molecular weight excluding hydrogens is 320 g/mol. The fourth-order valence-electron chi connectivity index (χ4n) is 3.59. The lowest BCUT2D eigenvalue weighted by molar-refractivity contribution is -0.188. The summed E-state index contributed by atoms with van der Waals surface area (Å²) in [5, 5.41) is 6.55. The average Bonchev–Trinajstić information content (AvgIpc) is 3.12. The van der Waals surface area contributed by atoms with Gasteiger partial charge in [0.2, 0.25) is 0 Å². The summed E-state index contributed by atoms with van der Waals surface area (Å²) >= 11 is 0. The number of carbonyl (C=O) groups is 1. The molecule has 2 saturated heterocycles. The highest BCUT2D eigenvalue weighted by atomic mass is 16.5. The molecule has 0 aromatic carbocycles. The Morgan fingerprint density at radius 3 is 3.12 bits per heavy atom. The van der Waals surface area contributed by atoms with Gasteiger partial charge in [-0.1, -0.05) is 6.07 Å². The molecule has 1 amide bonds. The van der Waals surface area contributed by atoms with Gasteiger partial charge < -0.3 is 14.4 Å². The van der Waals surface area contributed by atoms with Crippen LogP contribution < -0.4 is 0 Å². The number of hydrogen-bond donors (Lipinski definition) is 1. The van der Waals surface area contributed by atoms with Gasteiger partial charge in [-0.25, -0.2) is 0 Å². The zero-order chi connectivity index (χ0) is 17.3. The average molecular weight is 342 g/mol. The number of aryl methyl sites for hydroxylation is 1. The smallest absolute Gasteiger partial charge is 0.272 e. The number of pyridine rings is 1. The number of nitrogens with one attached hydrogen (secondary N) is 1. The summed E-state index contributed by atoms with van der Waals surface area (Å²) in [6.07, 6.45) is 7.12. The molecule has 4 rings (SSSR count). The Kier molecular flexibility index (Phi) is 4.27. The van der Waals surface area contributed by atoms with E-state index < -0.39 is 0 Å². The molecule has 25 heavy (non-hydrogen) atoms. The van der Waals surface area contributed by atoms with Gasteiger partial charge in [0.25, 0.3) is 5.91 Å². The molecule has 132 valence electrons. The topological polar surface area (TPSA) is 80.3 Å². The largest absolute Gasteiger partial charge is 0.373 e. The number of amides is 1. The molecule has 1 unspecified atom stereocenters. The molecule has 2 aliphatic rings. The number of rotatable bonds is 4. The van der Waals surface area contributed by atoms with Gasteiger partial charge in [-0.05, 0) is 30.5 Å². The second-order valence-electron chi connectivity index (χ2n) is 6.96. The van der Waals surface area contributed by atoms with Gasteiger partial charge in [0.05, 0.1) is 25.8 Å². The zero-order valence-corrected chi connectivity index (χ0v) is 14.3. The van der Waals surface area contributed by atoms with Crippen LogP contribution in [0, 0.1) is 6.92 Å². The molecule has 2 aromatic rings. The number of aromatic nitrogens is 3. The van der Waals surface area contributed by atoms with Crippen LogP contribution in [0.25, 0.3) is 0 Å². The van der Waals surface area contributed by atoms with Crippen LogP contribution in [0.4, 0.5) is 0 Å². The van der Waals surface area contributed by atoms with Crippen molar-refractivity contribution in [3.63, 3.8) is 0 Å². The maximum atomic E-state index is 12.3. The Bertz CT molecular complexity index is 741. The summed E-state index contributed by atoms with van der Waals surface area (Å²) in [5.41, 5.74) is 2.48. The lowest BCUT2D eigenvalue weighted by Crippen LogP contribution is -2.67. The number of nitrogens with zero attached hydrogens (tertiary/aromatic N) is 3. The van der Waals surface area contributed by atoms with Crippen molar-refractivity contribution in [2.45, 2.75) is 38.1 Å². The van der Waals surface area contributed by atoms with Gasteiger partial charge in [0, 0.05) is 31.6 Å². The second kappa shape index (κ2) is 6.57. The van der Waals surface area contributed by atoms with Crippen LogP contribution in [0.5, 0.6) is 0 Å². The number of ether oxygens (including phenoxy) is 2. The third kappa shape index (κ3) is 3.43. The van der Waals surface area contributed by atoms with Crippen LogP contribution >= 0.6 is 0 Å². The normalized spacial score (nSPS) is 22.0. The monoisotopic (exact) mass is 342 g/mol. The quantitative estimate of drug-likeness (QED) is 0.915. The van der Waals surface area contributed by atoms with E-state index in [1.54, 1.807) is 17.2 Å². The molecule has 4 heterocycles. The minimum atomic E-state index is -0.260. The van der Waals surface area contributed by atoms with Crippen LogP contribution in [0.2, 0.25) is 0 Å². The van der Waals surface area contributed by atoms with Gasteiger partial charge in [0.15, 0.2) is 0 Å². The molecule has 1 spiro atoms. The number of H-pyrrole nitrogens is 1. The number of likely N-dealkylation sites (tertiary alicyclic amines) is 1. The molecular formula is C18H22N4O3. The van der Waals surface area contributed by atoms with Crippen molar-refractivity contribution in [3.8, 4) is 0 Å². The van der Waals surface area contributed by atoms with E-state index in [9.17, 15) is 4.79 Å². The van der Waals surface area contributed by atoms with E-state index in [0.29, 0.717) is 32.0 Å². The Balaban J connectivity index is 1.31. The third-order valence-electron chi connectivity index (χ3n) is 4.84. The van der Waals surface area contributed by atoms with Gasteiger partial charge in [0.1, 0.15) is 11.3 Å². The summed E-state index contributed by atoms with van der Waals surface area (Å²) in [4.78, 5) is 18.3. The van der Waals surface area contributed by atoms with E-state index in [2.05, 4.69) is 21.2 Å². The zero-order valence-electron chi connectivity index (χ0n) is 14.3. The van der Waals surface area contributed by atoms with Gasteiger partial charge in [-0.15, -0.1) is 0 Å². The maximum absolute atomic E-state index is 12.3. The first-order chi connectivity index (χ1) is 12.1. The summed E-state index contributed by atoms with van der Waals surface area (Å²) < 4.78 is 12.1. The summed E-state index contributed by atoms with van der Waals surface area (Å²) in [5.74, 6) is -0.0272. The fraction of sp³-hybridized carbons (Fsp3) is 0.500. The summed E-state index contributed by atoms with van der Waals surface area (Å²) in [6.45, 7) is 4.47. The first kappa shape index (κ1) is 16.2. The molecule has 7 heteroatoms. The molecule has 0 aliphatic carbocycles. The summed E-state index contributed by atoms with van der Waals surface area (Å²) in [7, 11) is 0. The SMILES string of the molecule is Cc1cncc(COC2CCOC3(C2)CN(C(=O)c2ccn[nH]2)C3)c1. The van der Waals surface area contributed by atoms with Crippen molar-refractivity contribution in [2.75, 3.05) is 19.7 Å². The van der Waals surface area contributed by atoms with Crippen molar-refractivity contribution < 1.29 is 14.3 Å². The molecule has 0 radical (unpaired) electrons. The highest BCUT2D eigenvalue weighted by Crippen LogP contribution is 2.36. The van der Waals surface area contributed by atoms with E-state index >= 15 is 0 Å².